The lowest BCUT2D eigenvalue weighted by atomic mass is 9.86. The zero-order valence-corrected chi connectivity index (χ0v) is 20.9. The fourth-order valence-corrected chi connectivity index (χ4v) is 4.85. The van der Waals surface area contributed by atoms with Crippen molar-refractivity contribution in [3.63, 3.8) is 0 Å². The van der Waals surface area contributed by atoms with E-state index in [0.717, 1.165) is 37.6 Å². The van der Waals surface area contributed by atoms with Gasteiger partial charge in [0.25, 0.3) is 0 Å². The third kappa shape index (κ3) is 6.07. The molecule has 4 bridgehead atoms. The van der Waals surface area contributed by atoms with Crippen molar-refractivity contribution < 1.29 is 9.47 Å². The lowest BCUT2D eigenvalue weighted by molar-refractivity contribution is 0.297. The van der Waals surface area contributed by atoms with Crippen molar-refractivity contribution in [3.8, 4) is 11.5 Å². The number of hydrogen-bond donors (Lipinski definition) is 0. The Hall–Kier alpha value is -3.78. The van der Waals surface area contributed by atoms with Crippen molar-refractivity contribution in [2.75, 3.05) is 13.2 Å². The van der Waals surface area contributed by atoms with Crippen LogP contribution >= 0.6 is 0 Å². The Morgan fingerprint density at radius 2 is 0.667 bits per heavy atom. The maximum atomic E-state index is 6.08. The monoisotopic (exact) mass is 474 g/mol. The van der Waals surface area contributed by atoms with Crippen LogP contribution in [-0.2, 0) is 0 Å². The molecule has 0 aromatic heterocycles. The molecule has 0 unspecified atom stereocenters. The molecule has 3 aliphatic heterocycles. The van der Waals surface area contributed by atoms with E-state index >= 15 is 0 Å². The molecule has 2 nitrogen and oxygen atoms in total. The average molecular weight is 475 g/mol. The van der Waals surface area contributed by atoms with E-state index in [1.165, 1.54) is 59.1 Å². The summed E-state index contributed by atoms with van der Waals surface area (Å²) >= 11 is 0. The van der Waals surface area contributed by atoms with Gasteiger partial charge in [0.05, 0.1) is 13.2 Å². The predicted molar refractivity (Wildman–Crippen MR) is 149 cm³/mol. The lowest BCUT2D eigenvalue weighted by Gasteiger charge is -2.19. The first kappa shape index (κ1) is 23.9. The molecule has 0 amide bonds. The van der Waals surface area contributed by atoms with Gasteiger partial charge in [-0.3, -0.25) is 0 Å². The van der Waals surface area contributed by atoms with Gasteiger partial charge in [-0.15, -0.1) is 0 Å². The molecule has 0 spiro atoms. The second kappa shape index (κ2) is 12.3. The van der Waals surface area contributed by atoms with Crippen LogP contribution in [0.1, 0.15) is 60.8 Å². The maximum Gasteiger partial charge on any atom is 0.119 e. The Kier molecular flexibility index (Phi) is 8.15. The molecule has 4 aromatic rings. The topological polar surface area (TPSA) is 18.5 Å². The molecular formula is C34H34O2. The van der Waals surface area contributed by atoms with Crippen LogP contribution < -0.4 is 9.47 Å². The summed E-state index contributed by atoms with van der Waals surface area (Å²) in [5.41, 5.74) is 7.12. The Morgan fingerprint density at radius 1 is 0.333 bits per heavy atom. The highest BCUT2D eigenvalue weighted by atomic mass is 16.5. The highest BCUT2D eigenvalue weighted by Crippen LogP contribution is 2.37. The number of hydrogen-bond acceptors (Lipinski definition) is 2. The summed E-state index contributed by atoms with van der Waals surface area (Å²) in [5, 5.41) is 0. The normalized spacial score (nSPS) is 17.2. The van der Waals surface area contributed by atoms with Gasteiger partial charge in [0.15, 0.2) is 0 Å². The van der Waals surface area contributed by atoms with E-state index < -0.39 is 0 Å². The molecule has 0 N–H and O–H groups in total. The summed E-state index contributed by atoms with van der Waals surface area (Å²) in [5.74, 6) is 1.87. The predicted octanol–water partition coefficient (Wildman–Crippen LogP) is 8.81. The first-order chi connectivity index (χ1) is 17.9. The molecule has 7 rings (SSSR count). The van der Waals surface area contributed by atoms with E-state index in [1.807, 2.05) is 0 Å². The minimum absolute atomic E-state index is 0.769. The van der Waals surface area contributed by atoms with Crippen LogP contribution in [0.4, 0.5) is 0 Å². The molecule has 3 heterocycles. The van der Waals surface area contributed by atoms with Gasteiger partial charge in [-0.05, 0) is 70.5 Å². The van der Waals surface area contributed by atoms with Gasteiger partial charge < -0.3 is 9.47 Å². The van der Waals surface area contributed by atoms with E-state index in [1.54, 1.807) is 0 Å². The summed E-state index contributed by atoms with van der Waals surface area (Å²) in [6.45, 7) is 1.54. The van der Waals surface area contributed by atoms with Crippen molar-refractivity contribution in [2.24, 2.45) is 0 Å². The molecule has 182 valence electrons. The highest BCUT2D eigenvalue weighted by Gasteiger charge is 2.16. The minimum atomic E-state index is 0.769. The fourth-order valence-electron chi connectivity index (χ4n) is 4.85. The Bertz CT molecular complexity index is 1140. The Labute approximate surface area is 215 Å². The second-order valence-corrected chi connectivity index (χ2v) is 9.35. The third-order valence-electron chi connectivity index (χ3n) is 6.74. The van der Waals surface area contributed by atoms with Crippen LogP contribution in [0.3, 0.4) is 0 Å². The fraction of sp³-hybridized carbons (Fsp3) is 0.235. The Balaban J connectivity index is 1.65. The van der Waals surface area contributed by atoms with Crippen molar-refractivity contribution in [3.05, 3.63) is 131 Å². The summed E-state index contributed by atoms with van der Waals surface area (Å²) in [4.78, 5) is 0. The molecule has 0 radical (unpaired) electrons. The zero-order valence-electron chi connectivity index (χ0n) is 20.9. The molecule has 0 atom stereocenters. The average Bonchev–Trinajstić information content (AvgIpc) is 2.94. The summed E-state index contributed by atoms with van der Waals surface area (Å²) in [6, 6.07) is 38.5. The van der Waals surface area contributed by atoms with Gasteiger partial charge in [0.2, 0.25) is 0 Å². The van der Waals surface area contributed by atoms with Crippen LogP contribution in [0.25, 0.3) is 11.1 Å². The van der Waals surface area contributed by atoms with Crippen LogP contribution in [-0.4, -0.2) is 13.2 Å². The van der Waals surface area contributed by atoms with E-state index in [-0.39, 0.29) is 0 Å². The van der Waals surface area contributed by atoms with Gasteiger partial charge in [0, 0.05) is 0 Å². The van der Waals surface area contributed by atoms with Gasteiger partial charge in [-0.1, -0.05) is 111 Å². The smallest absolute Gasteiger partial charge is 0.119 e. The SMILES string of the molecule is c1ccc(/C2=C(\c3ccccc3)c3ccc(cc3)OCCCCCCCCOc3ccc2cc3)cc1. The molecule has 36 heavy (non-hydrogen) atoms. The first-order valence-corrected chi connectivity index (χ1v) is 13.2. The minimum Gasteiger partial charge on any atom is -0.494 e. The van der Waals surface area contributed by atoms with Crippen LogP contribution in [0.2, 0.25) is 0 Å². The quantitative estimate of drug-likeness (QED) is 0.289. The second-order valence-electron chi connectivity index (χ2n) is 9.35. The van der Waals surface area contributed by atoms with Crippen molar-refractivity contribution in [1.29, 1.82) is 0 Å². The maximum absolute atomic E-state index is 6.08. The van der Waals surface area contributed by atoms with Crippen molar-refractivity contribution in [2.45, 2.75) is 38.5 Å². The Morgan fingerprint density at radius 3 is 1.06 bits per heavy atom. The van der Waals surface area contributed by atoms with E-state index in [4.69, 9.17) is 9.47 Å². The molecule has 2 heteroatoms. The molecular weight excluding hydrogens is 440 g/mol. The van der Waals surface area contributed by atoms with E-state index in [0.29, 0.717) is 0 Å². The van der Waals surface area contributed by atoms with Gasteiger partial charge in [-0.25, -0.2) is 0 Å². The third-order valence-corrected chi connectivity index (χ3v) is 6.74. The molecule has 0 aliphatic carbocycles. The molecule has 4 aromatic carbocycles. The number of ether oxygens (including phenoxy) is 2. The van der Waals surface area contributed by atoms with E-state index in [2.05, 4.69) is 109 Å². The van der Waals surface area contributed by atoms with Crippen molar-refractivity contribution in [1.82, 2.24) is 0 Å². The first-order valence-electron chi connectivity index (χ1n) is 13.2. The van der Waals surface area contributed by atoms with Crippen LogP contribution in [0.5, 0.6) is 11.5 Å². The standard InChI is InChI=1S/C34H34O2/c1-2-4-12-26-36-32-23-19-30(20-24-32)34(28-15-9-6-10-16-28)33(27-13-7-5-8-14-27)29-17-21-31(22-18-29)35-25-11-3-1/h5-10,13-24H,1-4,11-12,25-26H2/b34-33-. The summed E-state index contributed by atoms with van der Waals surface area (Å²) in [7, 11) is 0. The molecule has 0 fully saturated rings. The van der Waals surface area contributed by atoms with Crippen LogP contribution in [0.15, 0.2) is 109 Å². The number of benzene rings is 4. The van der Waals surface area contributed by atoms with Crippen LogP contribution in [0, 0.1) is 0 Å². The number of rotatable bonds is 2. The zero-order chi connectivity index (χ0) is 24.4. The summed E-state index contributed by atoms with van der Waals surface area (Å²) < 4.78 is 12.2. The van der Waals surface area contributed by atoms with Gasteiger partial charge >= 0.3 is 0 Å². The molecule has 3 aliphatic rings. The molecule has 0 saturated carbocycles. The number of fused-ring (bicyclic) bond motifs is 2. The lowest BCUT2D eigenvalue weighted by Crippen LogP contribution is -2.01. The molecule has 0 saturated heterocycles. The van der Waals surface area contributed by atoms with Gasteiger partial charge in [0.1, 0.15) is 11.5 Å². The highest BCUT2D eigenvalue weighted by molar-refractivity contribution is 6.04. The largest absolute Gasteiger partial charge is 0.494 e. The van der Waals surface area contributed by atoms with E-state index in [9.17, 15) is 0 Å². The van der Waals surface area contributed by atoms with Crippen molar-refractivity contribution >= 4 is 11.1 Å². The van der Waals surface area contributed by atoms with Gasteiger partial charge in [-0.2, -0.15) is 0 Å². The summed E-state index contributed by atoms with van der Waals surface area (Å²) in [6.07, 6.45) is 7.12.